The van der Waals surface area contributed by atoms with Gasteiger partial charge < -0.3 is 9.32 Å². The SMILES string of the molecule is c1ccc(-c2ccc(N(c3ccc4c(c3)-c3ccccc3C43c4ccccc4-c4ccccc43)c3ccc4c(c3)oc3c5ccccc5ccc43)cc2)cc1. The highest BCUT2D eigenvalue weighted by Gasteiger charge is 2.51. The van der Waals surface area contributed by atoms with Crippen LogP contribution in [0.5, 0.6) is 0 Å². The van der Waals surface area contributed by atoms with Gasteiger partial charge in [-0.15, -0.1) is 0 Å². The second kappa shape index (κ2) is 11.4. The Morgan fingerprint density at radius 3 is 1.60 bits per heavy atom. The van der Waals surface area contributed by atoms with Crippen molar-refractivity contribution in [1.29, 1.82) is 0 Å². The minimum absolute atomic E-state index is 0.379. The van der Waals surface area contributed by atoms with E-state index in [4.69, 9.17) is 4.42 Å². The molecule has 55 heavy (non-hydrogen) atoms. The summed E-state index contributed by atoms with van der Waals surface area (Å²) in [5.41, 5.74) is 17.6. The number of rotatable bonds is 4. The number of hydrogen-bond acceptors (Lipinski definition) is 2. The molecule has 0 saturated heterocycles. The van der Waals surface area contributed by atoms with Crippen LogP contribution in [0, 0.1) is 0 Å². The van der Waals surface area contributed by atoms with E-state index in [2.05, 4.69) is 205 Å². The summed E-state index contributed by atoms with van der Waals surface area (Å²) in [7, 11) is 0. The standard InChI is InChI=1S/C53H33NO/c1-2-12-34(13-3-1)35-22-25-37(26-23-35)54(39-27-30-44-45-29-24-36-14-4-5-15-40(36)52(45)55-51(44)33-39)38-28-31-50-46(32-38)43-18-8-11-21-49(43)53(50)47-19-9-6-16-41(47)42-17-7-10-20-48(42)53/h1-33H. The van der Waals surface area contributed by atoms with Crippen LogP contribution in [0.3, 0.4) is 0 Å². The van der Waals surface area contributed by atoms with Crippen LogP contribution in [0.15, 0.2) is 205 Å². The van der Waals surface area contributed by atoms with Gasteiger partial charge in [0.25, 0.3) is 0 Å². The predicted octanol–water partition coefficient (Wildman–Crippen LogP) is 14.2. The third-order valence-electron chi connectivity index (χ3n) is 12.1. The Morgan fingerprint density at radius 2 is 0.873 bits per heavy atom. The zero-order valence-corrected chi connectivity index (χ0v) is 29.9. The minimum atomic E-state index is -0.379. The molecule has 0 unspecified atom stereocenters. The molecule has 12 rings (SSSR count). The van der Waals surface area contributed by atoms with Gasteiger partial charge in [-0.3, -0.25) is 0 Å². The third kappa shape index (κ3) is 4.19. The highest BCUT2D eigenvalue weighted by molar-refractivity contribution is 6.15. The number of hydrogen-bond donors (Lipinski definition) is 0. The summed E-state index contributed by atoms with van der Waals surface area (Å²) >= 11 is 0. The quantitative estimate of drug-likeness (QED) is 0.182. The van der Waals surface area contributed by atoms with Gasteiger partial charge in [0.2, 0.25) is 0 Å². The summed E-state index contributed by atoms with van der Waals surface area (Å²) in [6.07, 6.45) is 0. The Morgan fingerprint density at radius 1 is 0.345 bits per heavy atom. The Kier molecular flexibility index (Phi) is 6.29. The molecule has 0 aliphatic heterocycles. The molecule has 2 aliphatic rings. The second-order valence-corrected chi connectivity index (χ2v) is 14.8. The zero-order valence-electron chi connectivity index (χ0n) is 29.9. The van der Waals surface area contributed by atoms with Crippen molar-refractivity contribution in [2.45, 2.75) is 5.41 Å². The van der Waals surface area contributed by atoms with Crippen LogP contribution in [0.4, 0.5) is 17.1 Å². The van der Waals surface area contributed by atoms with Crippen LogP contribution in [0.1, 0.15) is 22.3 Å². The van der Waals surface area contributed by atoms with Gasteiger partial charge in [0.15, 0.2) is 0 Å². The van der Waals surface area contributed by atoms with Gasteiger partial charge in [0.05, 0.1) is 5.41 Å². The molecule has 2 nitrogen and oxygen atoms in total. The van der Waals surface area contributed by atoms with E-state index in [0.717, 1.165) is 44.4 Å². The van der Waals surface area contributed by atoms with Gasteiger partial charge in [-0.1, -0.05) is 152 Å². The Hall–Kier alpha value is -7.16. The summed E-state index contributed by atoms with van der Waals surface area (Å²) in [6.45, 7) is 0. The molecule has 0 amide bonds. The van der Waals surface area contributed by atoms with Crippen molar-refractivity contribution >= 4 is 49.8 Å². The van der Waals surface area contributed by atoms with Crippen molar-refractivity contribution < 1.29 is 4.42 Å². The first-order chi connectivity index (χ1) is 27.3. The molecule has 9 aromatic carbocycles. The van der Waals surface area contributed by atoms with Crippen molar-refractivity contribution in [3.8, 4) is 33.4 Å². The summed E-state index contributed by atoms with van der Waals surface area (Å²) in [5.74, 6) is 0. The monoisotopic (exact) mass is 699 g/mol. The molecule has 1 heterocycles. The maximum absolute atomic E-state index is 6.73. The lowest BCUT2D eigenvalue weighted by Crippen LogP contribution is -2.25. The van der Waals surface area contributed by atoms with Gasteiger partial charge in [-0.05, 0) is 103 Å². The normalized spacial score (nSPS) is 13.2. The zero-order chi connectivity index (χ0) is 36.1. The topological polar surface area (TPSA) is 16.4 Å². The van der Waals surface area contributed by atoms with E-state index in [1.54, 1.807) is 0 Å². The van der Waals surface area contributed by atoms with Crippen LogP contribution in [-0.2, 0) is 5.41 Å². The van der Waals surface area contributed by atoms with Gasteiger partial charge in [-0.2, -0.15) is 0 Å². The summed E-state index contributed by atoms with van der Waals surface area (Å²) in [5, 5.41) is 4.56. The van der Waals surface area contributed by atoms with E-state index < -0.39 is 0 Å². The molecule has 0 fully saturated rings. The molecule has 1 aromatic heterocycles. The molecule has 2 aliphatic carbocycles. The molecule has 10 aromatic rings. The predicted molar refractivity (Wildman–Crippen MR) is 228 cm³/mol. The molecule has 256 valence electrons. The van der Waals surface area contributed by atoms with E-state index in [1.165, 1.54) is 61.0 Å². The lowest BCUT2D eigenvalue weighted by Gasteiger charge is -2.31. The van der Waals surface area contributed by atoms with E-state index in [0.29, 0.717) is 0 Å². The lowest BCUT2D eigenvalue weighted by molar-refractivity contribution is 0.672. The molecule has 1 spiro atoms. The second-order valence-electron chi connectivity index (χ2n) is 14.8. The van der Waals surface area contributed by atoms with E-state index in [-0.39, 0.29) is 5.41 Å². The maximum atomic E-state index is 6.73. The smallest absolute Gasteiger partial charge is 0.143 e. The molecule has 0 radical (unpaired) electrons. The summed E-state index contributed by atoms with van der Waals surface area (Å²) in [4.78, 5) is 2.38. The van der Waals surface area contributed by atoms with Gasteiger partial charge in [0, 0.05) is 39.3 Å². The van der Waals surface area contributed by atoms with Crippen LogP contribution in [0.2, 0.25) is 0 Å². The molecule has 2 heteroatoms. The summed E-state index contributed by atoms with van der Waals surface area (Å²) in [6, 6.07) is 73.2. The summed E-state index contributed by atoms with van der Waals surface area (Å²) < 4.78 is 6.73. The van der Waals surface area contributed by atoms with Crippen molar-refractivity contribution in [1.82, 2.24) is 0 Å². The number of benzene rings is 9. The largest absolute Gasteiger partial charge is 0.455 e. The van der Waals surface area contributed by atoms with Crippen molar-refractivity contribution in [3.05, 3.63) is 222 Å². The molecule has 0 saturated carbocycles. The fraction of sp³-hybridized carbons (Fsp3) is 0.0189. The Bertz CT molecular complexity index is 3110. The fourth-order valence-electron chi connectivity index (χ4n) is 9.74. The number of anilines is 3. The molecular weight excluding hydrogens is 667 g/mol. The number of furan rings is 1. The van der Waals surface area contributed by atoms with Gasteiger partial charge >= 0.3 is 0 Å². The molecule has 0 bridgehead atoms. The van der Waals surface area contributed by atoms with Gasteiger partial charge in [-0.25, -0.2) is 0 Å². The fourth-order valence-corrected chi connectivity index (χ4v) is 9.74. The minimum Gasteiger partial charge on any atom is -0.455 e. The average molecular weight is 700 g/mol. The first kappa shape index (κ1) is 30.3. The highest BCUT2D eigenvalue weighted by atomic mass is 16.3. The van der Waals surface area contributed by atoms with Crippen LogP contribution in [0.25, 0.3) is 66.1 Å². The molecular formula is C53H33NO. The Labute approximate surface area is 319 Å². The van der Waals surface area contributed by atoms with Crippen molar-refractivity contribution in [2.24, 2.45) is 0 Å². The first-order valence-electron chi connectivity index (χ1n) is 19.0. The van der Waals surface area contributed by atoms with E-state index in [9.17, 15) is 0 Å². The van der Waals surface area contributed by atoms with E-state index >= 15 is 0 Å². The van der Waals surface area contributed by atoms with Crippen LogP contribution >= 0.6 is 0 Å². The lowest BCUT2D eigenvalue weighted by atomic mass is 9.70. The average Bonchev–Trinajstić information content (AvgIpc) is 3.88. The number of nitrogens with zero attached hydrogens (tertiary/aromatic N) is 1. The Balaban J connectivity index is 1.08. The van der Waals surface area contributed by atoms with E-state index in [1.807, 2.05) is 0 Å². The van der Waals surface area contributed by atoms with Crippen molar-refractivity contribution in [3.63, 3.8) is 0 Å². The molecule has 0 N–H and O–H groups in total. The van der Waals surface area contributed by atoms with Crippen molar-refractivity contribution in [2.75, 3.05) is 4.90 Å². The first-order valence-corrected chi connectivity index (χ1v) is 19.0. The number of fused-ring (bicyclic) bond motifs is 15. The van der Waals surface area contributed by atoms with Gasteiger partial charge in [0.1, 0.15) is 11.2 Å². The van der Waals surface area contributed by atoms with Crippen LogP contribution < -0.4 is 4.90 Å². The third-order valence-corrected chi connectivity index (χ3v) is 12.1. The molecule has 0 atom stereocenters. The van der Waals surface area contributed by atoms with Crippen LogP contribution in [-0.4, -0.2) is 0 Å². The maximum Gasteiger partial charge on any atom is 0.143 e. The highest BCUT2D eigenvalue weighted by Crippen LogP contribution is 2.63.